The topological polar surface area (TPSA) is 60.4 Å². The third kappa shape index (κ3) is 4.47. The van der Waals surface area contributed by atoms with Crippen LogP contribution >= 0.6 is 39.3 Å². The van der Waals surface area contributed by atoms with Crippen molar-refractivity contribution >= 4 is 56.4 Å². The molecule has 0 spiro atoms. The van der Waals surface area contributed by atoms with Crippen LogP contribution < -0.4 is 5.56 Å². The molecular formula is C21H15BrClN3O2S. The predicted octanol–water partition coefficient (Wildman–Crippen LogP) is 6.00. The molecule has 0 aliphatic heterocycles. The summed E-state index contributed by atoms with van der Waals surface area (Å²) in [6.07, 6.45) is 2.10. The molecule has 2 heterocycles. The summed E-state index contributed by atoms with van der Waals surface area (Å²) in [7, 11) is 0. The maximum absolute atomic E-state index is 12.9. The van der Waals surface area contributed by atoms with E-state index in [0.717, 1.165) is 14.5 Å². The van der Waals surface area contributed by atoms with Gasteiger partial charge in [0, 0.05) is 20.8 Å². The van der Waals surface area contributed by atoms with Crippen LogP contribution in [0.2, 0.25) is 5.02 Å². The zero-order valence-electron chi connectivity index (χ0n) is 15.3. The average Bonchev–Trinajstić information content (AvgIpc) is 3.16. The molecular weight excluding hydrogens is 474 g/mol. The molecule has 2 aromatic carbocycles. The highest BCUT2D eigenvalue weighted by Crippen LogP contribution is 2.29. The van der Waals surface area contributed by atoms with Gasteiger partial charge in [-0.1, -0.05) is 46.2 Å². The van der Waals surface area contributed by atoms with Crippen molar-refractivity contribution < 1.29 is 4.42 Å². The van der Waals surface area contributed by atoms with Crippen molar-refractivity contribution in [3.63, 3.8) is 0 Å². The quantitative estimate of drug-likeness (QED) is 0.323. The van der Waals surface area contributed by atoms with E-state index in [4.69, 9.17) is 16.0 Å². The second kappa shape index (κ2) is 8.57. The number of rotatable bonds is 5. The first kappa shape index (κ1) is 19.9. The van der Waals surface area contributed by atoms with Gasteiger partial charge in [-0.25, -0.2) is 4.98 Å². The van der Waals surface area contributed by atoms with Gasteiger partial charge in [-0.05, 0) is 54.6 Å². The van der Waals surface area contributed by atoms with E-state index in [0.29, 0.717) is 33.9 Å². The van der Waals surface area contributed by atoms with Gasteiger partial charge in [0.05, 0.1) is 17.1 Å². The number of hydrogen-bond donors (Lipinski definition) is 0. The molecule has 0 aliphatic carbocycles. The number of aromatic nitrogens is 2. The molecule has 8 heteroatoms. The summed E-state index contributed by atoms with van der Waals surface area (Å²) in [6, 6.07) is 16.6. The summed E-state index contributed by atoms with van der Waals surface area (Å²) < 4.78 is 7.94. The maximum atomic E-state index is 12.9. The van der Waals surface area contributed by atoms with Crippen LogP contribution in [-0.2, 0) is 6.42 Å². The van der Waals surface area contributed by atoms with Gasteiger partial charge in [-0.15, -0.1) is 0 Å². The van der Waals surface area contributed by atoms with Crippen LogP contribution in [-0.4, -0.2) is 15.9 Å². The summed E-state index contributed by atoms with van der Waals surface area (Å²) in [4.78, 5) is 18.5. The lowest BCUT2D eigenvalue weighted by molar-refractivity contribution is 0.468. The van der Waals surface area contributed by atoms with Gasteiger partial charge in [0.1, 0.15) is 11.6 Å². The van der Waals surface area contributed by atoms with Crippen molar-refractivity contribution in [2.24, 2.45) is 5.10 Å². The monoisotopic (exact) mass is 487 g/mol. The van der Waals surface area contributed by atoms with Crippen LogP contribution in [0.3, 0.4) is 0 Å². The molecule has 0 radical (unpaired) electrons. The van der Waals surface area contributed by atoms with Crippen molar-refractivity contribution in [2.75, 3.05) is 0 Å². The minimum atomic E-state index is -0.216. The molecule has 0 amide bonds. The Bertz CT molecular complexity index is 1270. The van der Waals surface area contributed by atoms with Crippen molar-refractivity contribution in [1.29, 1.82) is 0 Å². The molecule has 0 saturated heterocycles. The Balaban J connectivity index is 1.63. The fourth-order valence-corrected chi connectivity index (χ4v) is 4.00. The van der Waals surface area contributed by atoms with E-state index in [1.807, 2.05) is 55.5 Å². The van der Waals surface area contributed by atoms with E-state index >= 15 is 0 Å². The zero-order valence-corrected chi connectivity index (χ0v) is 18.5. The summed E-state index contributed by atoms with van der Waals surface area (Å²) in [5.41, 5.74) is 0.438. The Morgan fingerprint density at radius 1 is 1.21 bits per heavy atom. The Hall–Kier alpha value is -2.35. The number of fused-ring (bicyclic) bond motifs is 1. The minimum absolute atomic E-state index is 0.216. The van der Waals surface area contributed by atoms with E-state index in [1.54, 1.807) is 6.07 Å². The normalized spacial score (nSPS) is 11.6. The molecule has 0 aliphatic rings. The molecule has 0 N–H and O–H groups in total. The Morgan fingerprint density at radius 3 is 2.76 bits per heavy atom. The van der Waals surface area contributed by atoms with Gasteiger partial charge >= 0.3 is 0 Å². The molecule has 4 rings (SSSR count). The van der Waals surface area contributed by atoms with Gasteiger partial charge in [-0.3, -0.25) is 4.79 Å². The number of nitrogens with zero attached hydrogens (tertiary/aromatic N) is 3. The highest BCUT2D eigenvalue weighted by molar-refractivity contribution is 9.10. The molecule has 0 atom stereocenters. The number of furan rings is 1. The van der Waals surface area contributed by atoms with Crippen LogP contribution in [0, 0.1) is 0 Å². The van der Waals surface area contributed by atoms with Crippen LogP contribution in [0.15, 0.2) is 83.4 Å². The fourth-order valence-electron chi connectivity index (χ4n) is 2.73. The molecule has 2 aromatic heterocycles. The number of aryl methyl sites for hydroxylation is 1. The maximum Gasteiger partial charge on any atom is 0.282 e. The van der Waals surface area contributed by atoms with Crippen molar-refractivity contribution in [2.45, 2.75) is 23.3 Å². The smallest absolute Gasteiger partial charge is 0.282 e. The molecule has 5 nitrogen and oxygen atoms in total. The summed E-state index contributed by atoms with van der Waals surface area (Å²) in [6.45, 7) is 1.94. The third-order valence-corrected chi connectivity index (χ3v) is 5.80. The van der Waals surface area contributed by atoms with Crippen molar-refractivity contribution in [1.82, 2.24) is 9.66 Å². The molecule has 0 fully saturated rings. The predicted molar refractivity (Wildman–Crippen MR) is 120 cm³/mol. The molecule has 0 bridgehead atoms. The average molecular weight is 489 g/mol. The van der Waals surface area contributed by atoms with Gasteiger partial charge in [0.15, 0.2) is 5.09 Å². The highest BCUT2D eigenvalue weighted by Gasteiger charge is 2.10. The number of benzene rings is 2. The van der Waals surface area contributed by atoms with E-state index in [-0.39, 0.29) is 5.56 Å². The largest absolute Gasteiger partial charge is 0.448 e. The second-order valence-corrected chi connectivity index (χ2v) is 8.55. The summed E-state index contributed by atoms with van der Waals surface area (Å²) in [5.74, 6) is 1.13. The fraction of sp³-hybridized carbons (Fsp3) is 0.0952. The standard InChI is InChI=1S/C21H15BrClN3O2S/c1-2-19-25-18-9-3-13(22)11-17(18)21(27)26(19)24-12-15-6-10-20(28-15)29-16-7-4-14(23)5-8-16/h3-12H,2H2,1H3. The van der Waals surface area contributed by atoms with Crippen LogP contribution in [0.25, 0.3) is 10.9 Å². The third-order valence-electron chi connectivity index (χ3n) is 4.13. The van der Waals surface area contributed by atoms with Gasteiger partial charge in [0.25, 0.3) is 5.56 Å². The lowest BCUT2D eigenvalue weighted by atomic mass is 10.2. The first-order valence-corrected chi connectivity index (χ1v) is 10.8. The van der Waals surface area contributed by atoms with E-state index in [9.17, 15) is 4.79 Å². The molecule has 4 aromatic rings. The number of halogens is 2. The van der Waals surface area contributed by atoms with Crippen LogP contribution in [0.4, 0.5) is 0 Å². The van der Waals surface area contributed by atoms with Crippen molar-refractivity contribution in [3.05, 3.63) is 86.0 Å². The molecule has 0 unspecified atom stereocenters. The van der Waals surface area contributed by atoms with Crippen LogP contribution in [0.1, 0.15) is 18.5 Å². The second-order valence-electron chi connectivity index (χ2n) is 6.12. The minimum Gasteiger partial charge on any atom is -0.448 e. The van der Waals surface area contributed by atoms with Gasteiger partial charge < -0.3 is 4.42 Å². The van der Waals surface area contributed by atoms with Gasteiger partial charge in [0.2, 0.25) is 0 Å². The highest BCUT2D eigenvalue weighted by atomic mass is 79.9. The first-order valence-electron chi connectivity index (χ1n) is 8.82. The van der Waals surface area contributed by atoms with E-state index < -0.39 is 0 Å². The SMILES string of the molecule is CCc1nc2ccc(Br)cc2c(=O)n1N=Cc1ccc(Sc2ccc(Cl)cc2)o1. The Morgan fingerprint density at radius 2 is 2.00 bits per heavy atom. The summed E-state index contributed by atoms with van der Waals surface area (Å²) >= 11 is 10.8. The van der Waals surface area contributed by atoms with Crippen LogP contribution in [0.5, 0.6) is 0 Å². The lowest BCUT2D eigenvalue weighted by Crippen LogP contribution is -2.22. The Kier molecular flexibility index (Phi) is 5.89. The van der Waals surface area contributed by atoms with Crippen molar-refractivity contribution in [3.8, 4) is 0 Å². The molecule has 0 saturated carbocycles. The number of hydrogen-bond acceptors (Lipinski definition) is 5. The summed E-state index contributed by atoms with van der Waals surface area (Å²) in [5, 5.41) is 6.26. The molecule has 29 heavy (non-hydrogen) atoms. The first-order chi connectivity index (χ1) is 14.0. The van der Waals surface area contributed by atoms with Gasteiger partial charge in [-0.2, -0.15) is 9.78 Å². The lowest BCUT2D eigenvalue weighted by Gasteiger charge is -2.07. The molecule has 146 valence electrons. The van der Waals surface area contributed by atoms with E-state index in [2.05, 4.69) is 26.0 Å². The zero-order chi connectivity index (χ0) is 20.4. The van der Waals surface area contributed by atoms with E-state index in [1.165, 1.54) is 22.7 Å². The Labute approximate surface area is 184 Å².